The molecule has 0 aliphatic rings. The molecule has 0 aliphatic heterocycles. The minimum atomic E-state index is -0.197. The minimum Gasteiger partial charge on any atom is -0.316 e. The van der Waals surface area contributed by atoms with Crippen LogP contribution in [0.15, 0.2) is 46.9 Å². The van der Waals surface area contributed by atoms with E-state index in [2.05, 4.69) is 21.2 Å². The predicted octanol–water partition coefficient (Wildman–Crippen LogP) is 3.97. The third-order valence-electron chi connectivity index (χ3n) is 2.58. The summed E-state index contributed by atoms with van der Waals surface area (Å²) >= 11 is 3.45. The standard InChI is InChI=1S/C14H13BrFN/c1-17-9-10-6-7-14(16)12(8-10)11-4-2-3-5-13(11)15/h2-8,17H,9H2,1H3. The van der Waals surface area contributed by atoms with Gasteiger partial charge in [0.1, 0.15) is 5.82 Å². The fourth-order valence-electron chi connectivity index (χ4n) is 1.77. The largest absolute Gasteiger partial charge is 0.316 e. The lowest BCUT2D eigenvalue weighted by molar-refractivity contribution is 0.630. The van der Waals surface area contributed by atoms with Gasteiger partial charge in [0.2, 0.25) is 0 Å². The highest BCUT2D eigenvalue weighted by molar-refractivity contribution is 9.10. The van der Waals surface area contributed by atoms with E-state index in [1.807, 2.05) is 37.4 Å². The smallest absolute Gasteiger partial charge is 0.131 e. The van der Waals surface area contributed by atoms with Crippen LogP contribution in [0.1, 0.15) is 5.56 Å². The Morgan fingerprint density at radius 1 is 1.12 bits per heavy atom. The van der Waals surface area contributed by atoms with Crippen LogP contribution < -0.4 is 5.32 Å². The quantitative estimate of drug-likeness (QED) is 0.903. The molecule has 88 valence electrons. The number of hydrogen-bond donors (Lipinski definition) is 1. The van der Waals surface area contributed by atoms with Crippen molar-refractivity contribution in [3.05, 3.63) is 58.3 Å². The molecule has 0 unspecified atom stereocenters. The molecule has 1 N–H and O–H groups in total. The molecule has 0 fully saturated rings. The van der Waals surface area contributed by atoms with E-state index in [4.69, 9.17) is 0 Å². The van der Waals surface area contributed by atoms with Gasteiger partial charge in [0, 0.05) is 16.6 Å². The van der Waals surface area contributed by atoms with Gasteiger partial charge in [-0.1, -0.05) is 40.2 Å². The van der Waals surface area contributed by atoms with Gasteiger partial charge in [-0.2, -0.15) is 0 Å². The molecule has 0 bridgehead atoms. The van der Waals surface area contributed by atoms with Crippen LogP contribution in [0.5, 0.6) is 0 Å². The van der Waals surface area contributed by atoms with Gasteiger partial charge < -0.3 is 5.32 Å². The first-order valence-electron chi connectivity index (χ1n) is 5.40. The van der Waals surface area contributed by atoms with Crippen LogP contribution in [0.2, 0.25) is 0 Å². The van der Waals surface area contributed by atoms with Crippen molar-refractivity contribution >= 4 is 15.9 Å². The van der Waals surface area contributed by atoms with Gasteiger partial charge in [-0.05, 0) is 36.4 Å². The average molecular weight is 294 g/mol. The average Bonchev–Trinajstić information content (AvgIpc) is 2.33. The molecule has 1 nitrogen and oxygen atoms in total. The fourth-order valence-corrected chi connectivity index (χ4v) is 2.27. The van der Waals surface area contributed by atoms with E-state index in [9.17, 15) is 4.39 Å². The number of rotatable bonds is 3. The Labute approximate surface area is 109 Å². The molecule has 0 amide bonds. The predicted molar refractivity (Wildman–Crippen MR) is 72.3 cm³/mol. The second kappa shape index (κ2) is 5.43. The van der Waals surface area contributed by atoms with E-state index in [-0.39, 0.29) is 5.82 Å². The molecule has 0 spiro atoms. The van der Waals surface area contributed by atoms with Crippen molar-refractivity contribution in [3.8, 4) is 11.1 Å². The summed E-state index contributed by atoms with van der Waals surface area (Å²) < 4.78 is 14.7. The first kappa shape index (κ1) is 12.3. The van der Waals surface area contributed by atoms with Gasteiger partial charge in [-0.25, -0.2) is 4.39 Å². The summed E-state index contributed by atoms with van der Waals surface area (Å²) in [5.74, 6) is -0.197. The first-order valence-corrected chi connectivity index (χ1v) is 6.19. The monoisotopic (exact) mass is 293 g/mol. The zero-order chi connectivity index (χ0) is 12.3. The van der Waals surface area contributed by atoms with E-state index >= 15 is 0 Å². The third kappa shape index (κ3) is 2.73. The Morgan fingerprint density at radius 3 is 2.59 bits per heavy atom. The summed E-state index contributed by atoms with van der Waals surface area (Å²) in [6.07, 6.45) is 0. The summed E-state index contributed by atoms with van der Waals surface area (Å²) in [5, 5.41) is 3.06. The van der Waals surface area contributed by atoms with Crippen LogP contribution in [-0.2, 0) is 6.54 Å². The first-order chi connectivity index (χ1) is 8.22. The maximum absolute atomic E-state index is 13.8. The summed E-state index contributed by atoms with van der Waals surface area (Å²) in [5.41, 5.74) is 2.58. The van der Waals surface area contributed by atoms with Crippen LogP contribution in [0.3, 0.4) is 0 Å². The second-order valence-electron chi connectivity index (χ2n) is 3.82. The lowest BCUT2D eigenvalue weighted by Gasteiger charge is -2.08. The van der Waals surface area contributed by atoms with Gasteiger partial charge in [0.25, 0.3) is 0 Å². The molecule has 0 saturated heterocycles. The van der Waals surface area contributed by atoms with Crippen molar-refractivity contribution in [1.29, 1.82) is 0 Å². The SMILES string of the molecule is CNCc1ccc(F)c(-c2ccccc2Br)c1. The van der Waals surface area contributed by atoms with Crippen LogP contribution in [0.25, 0.3) is 11.1 Å². The van der Waals surface area contributed by atoms with Gasteiger partial charge >= 0.3 is 0 Å². The zero-order valence-corrected chi connectivity index (χ0v) is 11.1. The molecule has 2 rings (SSSR count). The summed E-state index contributed by atoms with van der Waals surface area (Å²) in [6, 6.07) is 12.8. The van der Waals surface area contributed by atoms with Crippen LogP contribution in [0.4, 0.5) is 4.39 Å². The number of nitrogens with one attached hydrogen (secondary N) is 1. The van der Waals surface area contributed by atoms with Gasteiger partial charge in [0.15, 0.2) is 0 Å². The molecule has 0 atom stereocenters. The number of benzene rings is 2. The molecule has 2 aromatic rings. The Morgan fingerprint density at radius 2 is 1.88 bits per heavy atom. The van der Waals surface area contributed by atoms with Crippen molar-refractivity contribution in [2.45, 2.75) is 6.54 Å². The summed E-state index contributed by atoms with van der Waals surface area (Å²) in [6.45, 7) is 0.734. The van der Waals surface area contributed by atoms with E-state index in [0.29, 0.717) is 5.56 Å². The maximum Gasteiger partial charge on any atom is 0.131 e. The summed E-state index contributed by atoms with van der Waals surface area (Å²) in [7, 11) is 1.88. The summed E-state index contributed by atoms with van der Waals surface area (Å²) in [4.78, 5) is 0. The van der Waals surface area contributed by atoms with Crippen LogP contribution >= 0.6 is 15.9 Å². The molecule has 0 radical (unpaired) electrons. The Kier molecular flexibility index (Phi) is 3.92. The Balaban J connectivity index is 2.51. The lowest BCUT2D eigenvalue weighted by atomic mass is 10.0. The molecule has 0 aromatic heterocycles. The Bertz CT molecular complexity index is 525. The maximum atomic E-state index is 13.8. The van der Waals surface area contributed by atoms with Gasteiger partial charge in [-0.3, -0.25) is 0 Å². The second-order valence-corrected chi connectivity index (χ2v) is 4.68. The molecule has 0 aliphatic carbocycles. The van der Waals surface area contributed by atoms with Crippen molar-refractivity contribution in [2.24, 2.45) is 0 Å². The van der Waals surface area contributed by atoms with Crippen LogP contribution in [-0.4, -0.2) is 7.05 Å². The van der Waals surface area contributed by atoms with Gasteiger partial charge in [0.05, 0.1) is 0 Å². The normalized spacial score (nSPS) is 10.5. The van der Waals surface area contributed by atoms with Crippen molar-refractivity contribution < 1.29 is 4.39 Å². The molecule has 17 heavy (non-hydrogen) atoms. The van der Waals surface area contributed by atoms with Crippen molar-refractivity contribution in [3.63, 3.8) is 0 Å². The van der Waals surface area contributed by atoms with E-state index in [1.165, 1.54) is 6.07 Å². The minimum absolute atomic E-state index is 0.197. The highest BCUT2D eigenvalue weighted by Crippen LogP contribution is 2.30. The third-order valence-corrected chi connectivity index (χ3v) is 3.27. The van der Waals surface area contributed by atoms with Crippen molar-refractivity contribution in [2.75, 3.05) is 7.05 Å². The lowest BCUT2D eigenvalue weighted by Crippen LogP contribution is -2.05. The topological polar surface area (TPSA) is 12.0 Å². The molecule has 0 saturated carbocycles. The van der Waals surface area contributed by atoms with E-state index in [1.54, 1.807) is 6.07 Å². The molecular formula is C14H13BrFN. The molecule has 0 heterocycles. The molecule has 3 heteroatoms. The fraction of sp³-hybridized carbons (Fsp3) is 0.143. The Hall–Kier alpha value is -1.19. The highest BCUT2D eigenvalue weighted by atomic mass is 79.9. The number of hydrogen-bond acceptors (Lipinski definition) is 1. The highest BCUT2D eigenvalue weighted by Gasteiger charge is 2.08. The van der Waals surface area contributed by atoms with Crippen molar-refractivity contribution in [1.82, 2.24) is 5.32 Å². The number of halogens is 2. The van der Waals surface area contributed by atoms with E-state index in [0.717, 1.165) is 22.1 Å². The molecular weight excluding hydrogens is 281 g/mol. The zero-order valence-electron chi connectivity index (χ0n) is 9.50. The van der Waals surface area contributed by atoms with Gasteiger partial charge in [-0.15, -0.1) is 0 Å². The molecule has 2 aromatic carbocycles. The van der Waals surface area contributed by atoms with Crippen LogP contribution in [0, 0.1) is 5.82 Å². The van der Waals surface area contributed by atoms with E-state index < -0.39 is 0 Å².